The summed E-state index contributed by atoms with van der Waals surface area (Å²) >= 11 is 0. The molecule has 214 valence electrons. The summed E-state index contributed by atoms with van der Waals surface area (Å²) < 4.78 is 214. The van der Waals surface area contributed by atoms with Crippen LogP contribution in [-0.2, 0) is 19.1 Å². The van der Waals surface area contributed by atoms with Crippen molar-refractivity contribution in [3.8, 4) is 0 Å². The fourth-order valence-electron chi connectivity index (χ4n) is 1.80. The molecule has 6 nitrogen and oxygen atoms in total. The lowest BCUT2D eigenvalue weighted by Crippen LogP contribution is -2.67. The molecule has 0 saturated heterocycles. The van der Waals surface area contributed by atoms with Gasteiger partial charge in [-0.1, -0.05) is 0 Å². The average Bonchev–Trinajstić information content (AvgIpc) is 2.69. The zero-order valence-electron chi connectivity index (χ0n) is 16.3. The Morgan fingerprint density at radius 1 is 0.472 bits per heavy atom. The third-order valence-electron chi connectivity index (χ3n) is 3.93. The quantitative estimate of drug-likeness (QED) is 0.219. The molecule has 0 unspecified atom stereocenters. The van der Waals surface area contributed by atoms with Gasteiger partial charge in [0.1, 0.15) is 11.9 Å². The summed E-state index contributed by atoms with van der Waals surface area (Å²) in [5, 5.41) is 19.7. The van der Waals surface area contributed by atoms with Crippen LogP contribution in [0, 0.1) is 0 Å². The van der Waals surface area contributed by atoms with Crippen molar-refractivity contribution in [2.75, 3.05) is 13.2 Å². The van der Waals surface area contributed by atoms with Gasteiger partial charge in [-0.2, -0.15) is 70.2 Å². The monoisotopic (exact) mass is 576 g/mol. The molecule has 22 heteroatoms. The molecule has 0 aromatic carbocycles. The van der Waals surface area contributed by atoms with E-state index in [-0.39, 0.29) is 0 Å². The molecule has 0 bridgehead atoms. The predicted molar refractivity (Wildman–Crippen MR) is 70.7 cm³/mol. The topological polar surface area (TPSA) is 98.7 Å². The number of carbonyl (C=O) groups excluding carboxylic acids is 2. The Hall–Kier alpha value is -2.26. The Bertz CT molecular complexity index is 745. The maximum Gasteiger partial charge on any atom is 0.426 e. The summed E-state index contributed by atoms with van der Waals surface area (Å²) in [5.41, 5.74) is 0. The average molecular weight is 576 g/mol. The predicted octanol–water partition coefficient (Wildman–Crippen LogP) is 2.30. The second kappa shape index (κ2) is 9.89. The van der Waals surface area contributed by atoms with Gasteiger partial charge < -0.3 is 29.3 Å². The van der Waals surface area contributed by atoms with Crippen LogP contribution in [0.2, 0.25) is 0 Å². The lowest BCUT2D eigenvalue weighted by Gasteiger charge is -2.36. The Kier molecular flexibility index (Phi) is 9.27. The van der Waals surface area contributed by atoms with Gasteiger partial charge in [0.15, 0.2) is 0 Å². The van der Waals surface area contributed by atoms with Crippen molar-refractivity contribution in [2.45, 2.75) is 60.6 Å². The summed E-state index contributed by atoms with van der Waals surface area (Å²) in [6.07, 6.45) is -15.9. The first-order valence-electron chi connectivity index (χ1n) is 8.33. The molecule has 0 radical (unpaired) electrons. The van der Waals surface area contributed by atoms with Gasteiger partial charge in [-0.25, -0.2) is 0 Å². The van der Waals surface area contributed by atoms with Gasteiger partial charge >= 0.3 is 47.8 Å². The van der Waals surface area contributed by atoms with E-state index in [0.29, 0.717) is 0 Å². The van der Waals surface area contributed by atoms with Gasteiger partial charge in [0.05, 0.1) is 13.2 Å². The molecule has 36 heavy (non-hydrogen) atoms. The first-order chi connectivity index (χ1) is 15.6. The second-order valence-electron chi connectivity index (χ2n) is 6.46. The van der Waals surface area contributed by atoms with Crippen molar-refractivity contribution in [2.24, 2.45) is 0 Å². The molecule has 0 rings (SSSR count). The first-order valence-corrected chi connectivity index (χ1v) is 8.33. The number of unbranched alkanes of at least 4 members (excludes halogenated alkanes) is 1. The third kappa shape index (κ3) is 5.37. The lowest BCUT2D eigenvalue weighted by atomic mass is 10.0. The number of hydrogen-bond acceptors (Lipinski definition) is 6. The van der Waals surface area contributed by atoms with Gasteiger partial charge in [0.25, 0.3) is 0 Å². The molecule has 0 aromatic heterocycles. The zero-order valence-corrected chi connectivity index (χ0v) is 16.3. The van der Waals surface area contributed by atoms with Crippen molar-refractivity contribution in [1.29, 1.82) is 0 Å². The summed E-state index contributed by atoms with van der Waals surface area (Å²) in [6.45, 7) is -3.97. The number of hydrogen-bond donors (Lipinski definition) is 0. The summed E-state index contributed by atoms with van der Waals surface area (Å²) in [5.74, 6) is -51.3. The number of carboxylic acid groups (broad SMARTS) is 2. The lowest BCUT2D eigenvalue weighted by molar-refractivity contribution is -0.435. The van der Waals surface area contributed by atoms with Gasteiger partial charge in [-0.3, -0.25) is 0 Å². The van der Waals surface area contributed by atoms with E-state index in [1.54, 1.807) is 0 Å². The van der Waals surface area contributed by atoms with E-state index >= 15 is 0 Å². The highest BCUT2D eigenvalue weighted by molar-refractivity contribution is 5.75. The van der Waals surface area contributed by atoms with Crippen LogP contribution in [-0.4, -0.2) is 72.9 Å². The molecule has 0 fully saturated rings. The van der Waals surface area contributed by atoms with Gasteiger partial charge in [0.2, 0.25) is 0 Å². The maximum atomic E-state index is 13.2. The van der Waals surface area contributed by atoms with Crippen LogP contribution in [0.1, 0.15) is 12.8 Å². The normalized spacial score (nSPS) is 15.2. The molecule has 0 heterocycles. The van der Waals surface area contributed by atoms with E-state index in [1.165, 1.54) is 0 Å². The minimum absolute atomic E-state index is 1.37. The molecule has 0 aliphatic rings. The van der Waals surface area contributed by atoms with Gasteiger partial charge in [-0.15, -0.1) is 0 Å². The molecule has 0 N–H and O–H groups in total. The number of alkyl halides is 16. The number of rotatable bonds is 15. The van der Waals surface area contributed by atoms with Crippen LogP contribution >= 0.6 is 0 Å². The molecule has 0 saturated carbocycles. The molecule has 0 spiro atoms. The Morgan fingerprint density at radius 2 is 0.694 bits per heavy atom. The van der Waals surface area contributed by atoms with Crippen LogP contribution in [0.15, 0.2) is 0 Å². The summed E-state index contributed by atoms with van der Waals surface area (Å²) in [7, 11) is 0. The fraction of sp³-hybridized carbons (Fsp3) is 0.857. The van der Waals surface area contributed by atoms with Crippen LogP contribution < -0.4 is 10.2 Å². The highest BCUT2D eigenvalue weighted by atomic mass is 19.4. The Balaban J connectivity index is 5.19. The largest absolute Gasteiger partial charge is 0.544 e. The summed E-state index contributed by atoms with van der Waals surface area (Å²) in [4.78, 5) is 19.7. The van der Waals surface area contributed by atoms with E-state index in [2.05, 4.69) is 9.47 Å². The first kappa shape index (κ1) is 33.7. The zero-order chi connectivity index (χ0) is 29.4. The minimum atomic E-state index is -7.34. The molecule has 0 atom stereocenters. The van der Waals surface area contributed by atoms with E-state index in [1.807, 2.05) is 0 Å². The van der Waals surface area contributed by atoms with E-state index in [9.17, 15) is 90.0 Å². The third-order valence-corrected chi connectivity index (χ3v) is 3.93. The van der Waals surface area contributed by atoms with Crippen LogP contribution in [0.3, 0.4) is 0 Å². The molecule has 0 aliphatic heterocycles. The fourth-order valence-corrected chi connectivity index (χ4v) is 1.80. The van der Waals surface area contributed by atoms with Crippen molar-refractivity contribution < 1.29 is 99.5 Å². The van der Waals surface area contributed by atoms with Crippen molar-refractivity contribution in [3.63, 3.8) is 0 Å². The summed E-state index contributed by atoms with van der Waals surface area (Å²) in [6, 6.07) is 0. The number of aliphatic carboxylic acids is 2. The van der Waals surface area contributed by atoms with Gasteiger partial charge in [-0.05, 0) is 12.8 Å². The van der Waals surface area contributed by atoms with Crippen molar-refractivity contribution in [1.82, 2.24) is 0 Å². The maximum absolute atomic E-state index is 13.2. The molecule has 0 amide bonds. The van der Waals surface area contributed by atoms with Crippen molar-refractivity contribution >= 4 is 11.9 Å². The highest BCUT2D eigenvalue weighted by Crippen LogP contribution is 2.54. The van der Waals surface area contributed by atoms with Crippen LogP contribution in [0.5, 0.6) is 0 Å². The van der Waals surface area contributed by atoms with Crippen molar-refractivity contribution in [3.05, 3.63) is 0 Å². The van der Waals surface area contributed by atoms with E-state index in [0.717, 1.165) is 0 Å². The number of carboxylic acids is 2. The van der Waals surface area contributed by atoms with Crippen LogP contribution in [0.25, 0.3) is 0 Å². The number of ether oxygens (including phenoxy) is 2. The standard InChI is InChI=1S/C14H10F16O6/c15-7(16,5(31)32)9(19,20)11(23,24)13(27,28)35-3-1-2-4-36-14(29,30)12(25,26)10(21,22)8(17,18)6(33)34/h1-4H2,(H,31,32)(H,33,34)/p-2. The molecule has 0 aliphatic carbocycles. The van der Waals surface area contributed by atoms with E-state index in [4.69, 9.17) is 0 Å². The Labute approximate surface area is 186 Å². The Morgan fingerprint density at radius 3 is 0.889 bits per heavy atom. The van der Waals surface area contributed by atoms with Gasteiger partial charge in [0, 0.05) is 0 Å². The van der Waals surface area contributed by atoms with Crippen LogP contribution in [0.4, 0.5) is 70.2 Å². The second-order valence-corrected chi connectivity index (χ2v) is 6.46. The smallest absolute Gasteiger partial charge is 0.426 e. The molecule has 0 aromatic rings. The molecular formula is C14H8F16O6-2. The number of halogens is 16. The minimum Gasteiger partial charge on any atom is -0.544 e. The SMILES string of the molecule is O=C([O-])C(F)(F)C(F)(F)C(F)(F)C(F)(F)OCCCCOC(F)(F)C(F)(F)C(F)(F)C(F)(F)C(=O)[O-]. The molecular weight excluding hydrogens is 568 g/mol. The van der Waals surface area contributed by atoms with E-state index < -0.39 is 85.7 Å². The number of carbonyl (C=O) groups is 2. The highest BCUT2D eigenvalue weighted by Gasteiger charge is 2.83.